The fraction of sp³-hybridized carbons (Fsp3) is 0.182. The lowest BCUT2D eigenvalue weighted by Crippen LogP contribution is -2.34. The van der Waals surface area contributed by atoms with E-state index in [0.29, 0.717) is 40.5 Å². The molecular formula is C33H35N5O5. The molecule has 0 bridgehead atoms. The van der Waals surface area contributed by atoms with E-state index in [1.165, 1.54) is 14.2 Å². The van der Waals surface area contributed by atoms with Crippen molar-refractivity contribution in [2.45, 2.75) is 19.2 Å². The quantitative estimate of drug-likeness (QED) is 0.108. The van der Waals surface area contributed by atoms with Crippen LogP contribution < -0.4 is 31.2 Å². The van der Waals surface area contributed by atoms with Crippen LogP contribution in [0.3, 0.4) is 0 Å². The van der Waals surface area contributed by atoms with Gasteiger partial charge in [0.1, 0.15) is 25.1 Å². The van der Waals surface area contributed by atoms with Crippen molar-refractivity contribution in [1.29, 1.82) is 5.41 Å². The standard InChI is InChI=1S/C33H35N5O5/c1-41-21-30(39)38-27-18-29(43-20-23-11-7-4-8-12-23)28(42-2)17-26(27)31(33(40)36-19-22-9-5-3-6-10-22)37-25-15-13-24(14-16-25)32(34)35/h3-18,31,37H,19-21H2,1-2H3,(H3,34,35)(H,36,40)(H,38,39). The number of amides is 2. The smallest absolute Gasteiger partial charge is 0.250 e. The predicted octanol–water partition coefficient (Wildman–Crippen LogP) is 4.61. The van der Waals surface area contributed by atoms with Gasteiger partial charge in [-0.15, -0.1) is 0 Å². The van der Waals surface area contributed by atoms with E-state index in [9.17, 15) is 9.59 Å². The number of nitrogen functional groups attached to an aromatic ring is 1. The molecule has 6 N–H and O–H groups in total. The molecule has 0 saturated heterocycles. The maximum absolute atomic E-state index is 13.8. The van der Waals surface area contributed by atoms with Gasteiger partial charge in [-0.2, -0.15) is 0 Å². The molecule has 0 radical (unpaired) electrons. The Morgan fingerprint density at radius 2 is 1.51 bits per heavy atom. The van der Waals surface area contributed by atoms with Crippen LogP contribution in [0.5, 0.6) is 11.5 Å². The van der Waals surface area contributed by atoms with E-state index < -0.39 is 11.9 Å². The van der Waals surface area contributed by atoms with Crippen molar-refractivity contribution in [3.63, 3.8) is 0 Å². The van der Waals surface area contributed by atoms with Crippen LogP contribution in [-0.4, -0.2) is 38.5 Å². The minimum atomic E-state index is -0.971. The molecule has 43 heavy (non-hydrogen) atoms. The van der Waals surface area contributed by atoms with E-state index in [0.717, 1.165) is 11.1 Å². The molecule has 0 aliphatic rings. The van der Waals surface area contributed by atoms with Crippen molar-refractivity contribution in [2.24, 2.45) is 5.73 Å². The first-order valence-electron chi connectivity index (χ1n) is 13.6. The Morgan fingerprint density at radius 1 is 0.860 bits per heavy atom. The summed E-state index contributed by atoms with van der Waals surface area (Å²) in [6, 6.07) is 28.4. The van der Waals surface area contributed by atoms with Crippen LogP contribution in [0.25, 0.3) is 0 Å². The number of nitrogens with one attached hydrogen (secondary N) is 4. The van der Waals surface area contributed by atoms with E-state index >= 15 is 0 Å². The summed E-state index contributed by atoms with van der Waals surface area (Å²) in [5.41, 5.74) is 9.43. The molecule has 0 saturated carbocycles. The third-order valence-electron chi connectivity index (χ3n) is 6.51. The molecule has 0 fully saturated rings. The Balaban J connectivity index is 1.73. The number of anilines is 2. The third-order valence-corrected chi connectivity index (χ3v) is 6.51. The van der Waals surface area contributed by atoms with Crippen molar-refractivity contribution in [3.8, 4) is 11.5 Å². The fourth-order valence-corrected chi connectivity index (χ4v) is 4.33. The monoisotopic (exact) mass is 581 g/mol. The normalized spacial score (nSPS) is 11.2. The van der Waals surface area contributed by atoms with Crippen LogP contribution in [0.2, 0.25) is 0 Å². The Kier molecular flexibility index (Phi) is 10.7. The molecule has 1 unspecified atom stereocenters. The van der Waals surface area contributed by atoms with Gasteiger partial charge >= 0.3 is 0 Å². The molecule has 0 aromatic heterocycles. The van der Waals surface area contributed by atoms with Gasteiger partial charge in [-0.3, -0.25) is 15.0 Å². The van der Waals surface area contributed by atoms with Gasteiger partial charge in [-0.05, 0) is 41.5 Å². The van der Waals surface area contributed by atoms with Crippen molar-refractivity contribution < 1.29 is 23.8 Å². The van der Waals surface area contributed by atoms with Gasteiger partial charge in [0.2, 0.25) is 11.8 Å². The molecule has 0 spiro atoms. The number of hydrogen-bond donors (Lipinski definition) is 5. The van der Waals surface area contributed by atoms with Crippen LogP contribution >= 0.6 is 0 Å². The summed E-state index contributed by atoms with van der Waals surface area (Å²) < 4.78 is 16.8. The first-order valence-corrected chi connectivity index (χ1v) is 13.6. The van der Waals surface area contributed by atoms with Crippen LogP contribution in [0.15, 0.2) is 97.1 Å². The number of rotatable bonds is 14. The molecule has 2 amide bonds. The van der Waals surface area contributed by atoms with Crippen LogP contribution in [0.4, 0.5) is 11.4 Å². The molecule has 4 aromatic carbocycles. The van der Waals surface area contributed by atoms with Gasteiger partial charge in [-0.25, -0.2) is 0 Å². The molecular weight excluding hydrogens is 546 g/mol. The molecule has 0 aliphatic carbocycles. The highest BCUT2D eigenvalue weighted by Gasteiger charge is 2.27. The van der Waals surface area contributed by atoms with Gasteiger partial charge in [0.05, 0.1) is 12.8 Å². The minimum Gasteiger partial charge on any atom is -0.493 e. The molecule has 10 nitrogen and oxygen atoms in total. The van der Waals surface area contributed by atoms with Gasteiger partial charge in [0.25, 0.3) is 0 Å². The van der Waals surface area contributed by atoms with E-state index in [1.54, 1.807) is 36.4 Å². The summed E-state index contributed by atoms with van der Waals surface area (Å²) in [7, 11) is 2.94. The third kappa shape index (κ3) is 8.57. The van der Waals surface area contributed by atoms with Gasteiger partial charge in [-0.1, -0.05) is 60.7 Å². The summed E-state index contributed by atoms with van der Waals surface area (Å²) in [6.45, 7) is 0.377. The van der Waals surface area contributed by atoms with E-state index in [-0.39, 0.29) is 25.0 Å². The molecule has 222 valence electrons. The fourth-order valence-electron chi connectivity index (χ4n) is 4.33. The van der Waals surface area contributed by atoms with Crippen molar-refractivity contribution >= 4 is 29.0 Å². The van der Waals surface area contributed by atoms with E-state index in [4.69, 9.17) is 25.4 Å². The first kappa shape index (κ1) is 30.6. The number of hydrogen-bond acceptors (Lipinski definition) is 7. The zero-order valence-electron chi connectivity index (χ0n) is 24.1. The van der Waals surface area contributed by atoms with Crippen LogP contribution in [-0.2, 0) is 27.5 Å². The number of amidine groups is 1. The SMILES string of the molecule is COCC(=O)Nc1cc(OCc2ccccc2)c(OC)cc1C(Nc1ccc(C(=N)N)cc1)C(=O)NCc1ccccc1. The van der Waals surface area contributed by atoms with Crippen LogP contribution in [0.1, 0.15) is 28.3 Å². The minimum absolute atomic E-state index is 0.0670. The first-order chi connectivity index (χ1) is 20.9. The van der Waals surface area contributed by atoms with Gasteiger partial charge in [0.15, 0.2) is 11.5 Å². The van der Waals surface area contributed by atoms with E-state index in [2.05, 4.69) is 16.0 Å². The van der Waals surface area contributed by atoms with Crippen molar-refractivity contribution in [2.75, 3.05) is 31.5 Å². The Labute approximate surface area is 250 Å². The second-order valence-corrected chi connectivity index (χ2v) is 9.62. The second-order valence-electron chi connectivity index (χ2n) is 9.62. The van der Waals surface area contributed by atoms with E-state index in [1.807, 2.05) is 60.7 Å². The number of benzene rings is 4. The van der Waals surface area contributed by atoms with Crippen LogP contribution in [0, 0.1) is 5.41 Å². The Bertz CT molecular complexity index is 1530. The highest BCUT2D eigenvalue weighted by atomic mass is 16.5. The summed E-state index contributed by atoms with van der Waals surface area (Å²) >= 11 is 0. The number of carbonyl (C=O) groups excluding carboxylic acids is 2. The lowest BCUT2D eigenvalue weighted by Gasteiger charge is -2.24. The average molecular weight is 582 g/mol. The Morgan fingerprint density at radius 3 is 2.12 bits per heavy atom. The summed E-state index contributed by atoms with van der Waals surface area (Å²) in [5.74, 6) is -0.0519. The molecule has 4 rings (SSSR count). The molecule has 4 aromatic rings. The Hall–Kier alpha value is -5.35. The topological polar surface area (TPSA) is 148 Å². The molecule has 10 heteroatoms. The summed E-state index contributed by atoms with van der Waals surface area (Å²) in [5, 5.41) is 16.8. The van der Waals surface area contributed by atoms with Gasteiger partial charge < -0.3 is 35.9 Å². The maximum atomic E-state index is 13.8. The summed E-state index contributed by atoms with van der Waals surface area (Å²) in [4.78, 5) is 26.5. The zero-order valence-corrected chi connectivity index (χ0v) is 24.1. The zero-order chi connectivity index (χ0) is 30.6. The largest absolute Gasteiger partial charge is 0.493 e. The number of ether oxygens (including phenoxy) is 3. The van der Waals surface area contributed by atoms with Crippen molar-refractivity contribution in [1.82, 2.24) is 5.32 Å². The average Bonchev–Trinajstić information content (AvgIpc) is 3.03. The molecule has 0 heterocycles. The molecule has 1 atom stereocenters. The second kappa shape index (κ2) is 15.0. The summed E-state index contributed by atoms with van der Waals surface area (Å²) in [6.07, 6.45) is 0. The number of nitrogens with two attached hydrogens (primary N) is 1. The lowest BCUT2D eigenvalue weighted by molar-refractivity contribution is -0.122. The highest BCUT2D eigenvalue weighted by Crippen LogP contribution is 2.38. The number of methoxy groups -OCH3 is 2. The predicted molar refractivity (Wildman–Crippen MR) is 166 cm³/mol. The van der Waals surface area contributed by atoms with Crippen molar-refractivity contribution in [3.05, 3.63) is 119 Å². The lowest BCUT2D eigenvalue weighted by atomic mass is 10.0. The highest BCUT2D eigenvalue weighted by molar-refractivity contribution is 5.96. The number of carbonyl (C=O) groups is 2. The molecule has 0 aliphatic heterocycles. The maximum Gasteiger partial charge on any atom is 0.250 e. The van der Waals surface area contributed by atoms with Gasteiger partial charge in [0, 0.05) is 36.5 Å².